The topological polar surface area (TPSA) is 35.1 Å². The molecule has 0 fully saturated rings. The van der Waals surface area contributed by atoms with Crippen LogP contribution in [0.25, 0.3) is 60.4 Å². The Hall–Kier alpha value is -4.63. The summed E-state index contributed by atoms with van der Waals surface area (Å²) >= 11 is 0. The average molecular weight is 437 g/mol. The molecule has 0 aliphatic rings. The Bertz CT molecular complexity index is 1930. The summed E-state index contributed by atoms with van der Waals surface area (Å²) in [5.41, 5.74) is 5.57. The third-order valence-corrected chi connectivity index (χ3v) is 6.65. The Morgan fingerprint density at radius 2 is 1.24 bits per heavy atom. The van der Waals surface area contributed by atoms with E-state index in [1.54, 1.807) is 0 Å². The van der Waals surface area contributed by atoms with E-state index in [0.29, 0.717) is 11.0 Å². The van der Waals surface area contributed by atoms with Gasteiger partial charge in [0.15, 0.2) is 0 Å². The highest BCUT2D eigenvalue weighted by atomic mass is 16.4. The van der Waals surface area contributed by atoms with Crippen molar-refractivity contribution in [1.82, 2.24) is 4.57 Å². The van der Waals surface area contributed by atoms with Crippen LogP contribution in [0.1, 0.15) is 0 Å². The summed E-state index contributed by atoms with van der Waals surface area (Å²) in [6, 6.07) is 39.0. The molecule has 3 nitrogen and oxygen atoms in total. The standard InChI is InChI=1S/C31H19NO2/c33-31-30-24(23-12-5-7-16-29(23)34-31)13-8-15-28(30)32-26-14-6-4-11-22(26)25-19-21(17-18-27(25)32)20-9-2-1-3-10-20/h1-19H. The molecule has 160 valence electrons. The van der Waals surface area contributed by atoms with Gasteiger partial charge in [0.25, 0.3) is 0 Å². The second-order valence-corrected chi connectivity index (χ2v) is 8.54. The molecule has 0 saturated heterocycles. The predicted octanol–water partition coefficient (Wildman–Crippen LogP) is 7.71. The van der Waals surface area contributed by atoms with Gasteiger partial charge >= 0.3 is 5.63 Å². The molecule has 0 saturated carbocycles. The molecule has 0 aliphatic carbocycles. The van der Waals surface area contributed by atoms with Crippen LogP contribution >= 0.6 is 0 Å². The maximum Gasteiger partial charge on any atom is 0.346 e. The summed E-state index contributed by atoms with van der Waals surface area (Å²) in [7, 11) is 0. The van der Waals surface area contributed by atoms with Gasteiger partial charge in [0.1, 0.15) is 5.58 Å². The zero-order valence-corrected chi connectivity index (χ0v) is 18.2. The van der Waals surface area contributed by atoms with Gasteiger partial charge in [0, 0.05) is 21.5 Å². The lowest BCUT2D eigenvalue weighted by Crippen LogP contribution is -2.05. The van der Waals surface area contributed by atoms with Crippen LogP contribution in [0.2, 0.25) is 0 Å². The van der Waals surface area contributed by atoms with Gasteiger partial charge in [-0.15, -0.1) is 0 Å². The van der Waals surface area contributed by atoms with E-state index in [1.165, 1.54) is 11.1 Å². The Morgan fingerprint density at radius 1 is 0.529 bits per heavy atom. The molecule has 0 atom stereocenters. The molecule has 2 aromatic heterocycles. The van der Waals surface area contributed by atoms with E-state index in [9.17, 15) is 4.79 Å². The van der Waals surface area contributed by atoms with Crippen molar-refractivity contribution in [2.24, 2.45) is 0 Å². The van der Waals surface area contributed by atoms with Crippen molar-refractivity contribution in [2.75, 3.05) is 0 Å². The number of hydrogen-bond acceptors (Lipinski definition) is 2. The normalized spacial score (nSPS) is 11.6. The molecule has 0 radical (unpaired) electrons. The van der Waals surface area contributed by atoms with Gasteiger partial charge < -0.3 is 8.98 Å². The van der Waals surface area contributed by atoms with E-state index in [-0.39, 0.29) is 5.63 Å². The highest BCUT2D eigenvalue weighted by Gasteiger charge is 2.18. The molecule has 0 amide bonds. The van der Waals surface area contributed by atoms with Crippen LogP contribution < -0.4 is 5.63 Å². The van der Waals surface area contributed by atoms with E-state index in [2.05, 4.69) is 65.2 Å². The zero-order valence-electron chi connectivity index (χ0n) is 18.2. The number of nitrogens with zero attached hydrogens (tertiary/aromatic N) is 1. The zero-order chi connectivity index (χ0) is 22.6. The molecule has 0 N–H and O–H groups in total. The smallest absolute Gasteiger partial charge is 0.346 e. The van der Waals surface area contributed by atoms with Crippen LogP contribution in [0.4, 0.5) is 0 Å². The number of fused-ring (bicyclic) bond motifs is 6. The first-order valence-corrected chi connectivity index (χ1v) is 11.3. The van der Waals surface area contributed by atoms with Crippen molar-refractivity contribution in [3.8, 4) is 16.8 Å². The second kappa shape index (κ2) is 7.19. The molecular formula is C31H19NO2. The lowest BCUT2D eigenvalue weighted by atomic mass is 10.0. The molecule has 34 heavy (non-hydrogen) atoms. The van der Waals surface area contributed by atoms with E-state index in [0.717, 1.165) is 38.3 Å². The third-order valence-electron chi connectivity index (χ3n) is 6.65. The average Bonchev–Trinajstić information content (AvgIpc) is 3.22. The molecule has 7 rings (SSSR count). The van der Waals surface area contributed by atoms with Crippen molar-refractivity contribution >= 4 is 43.5 Å². The molecule has 0 spiro atoms. The number of rotatable bonds is 2. The van der Waals surface area contributed by atoms with Crippen molar-refractivity contribution < 1.29 is 4.42 Å². The molecule has 5 aromatic carbocycles. The van der Waals surface area contributed by atoms with Crippen molar-refractivity contribution in [3.63, 3.8) is 0 Å². The van der Waals surface area contributed by atoms with Crippen LogP contribution in [0.15, 0.2) is 124 Å². The van der Waals surface area contributed by atoms with Crippen LogP contribution in [-0.2, 0) is 0 Å². The fourth-order valence-corrected chi connectivity index (χ4v) is 5.14. The maximum absolute atomic E-state index is 13.2. The van der Waals surface area contributed by atoms with Crippen molar-refractivity contribution in [3.05, 3.63) is 126 Å². The fourth-order valence-electron chi connectivity index (χ4n) is 5.14. The molecule has 0 aliphatic heterocycles. The Balaban J connectivity index is 1.61. The largest absolute Gasteiger partial charge is 0.422 e. The third kappa shape index (κ3) is 2.67. The second-order valence-electron chi connectivity index (χ2n) is 8.54. The predicted molar refractivity (Wildman–Crippen MR) is 140 cm³/mol. The molecule has 7 aromatic rings. The minimum absolute atomic E-state index is 0.323. The highest BCUT2D eigenvalue weighted by molar-refractivity contribution is 6.13. The molecular weight excluding hydrogens is 418 g/mol. The molecule has 3 heteroatoms. The van der Waals surface area contributed by atoms with Gasteiger partial charge in [-0.25, -0.2) is 4.79 Å². The van der Waals surface area contributed by atoms with E-state index >= 15 is 0 Å². The summed E-state index contributed by atoms with van der Waals surface area (Å²) in [5, 5.41) is 4.73. The van der Waals surface area contributed by atoms with E-state index in [4.69, 9.17) is 4.42 Å². The lowest BCUT2D eigenvalue weighted by molar-refractivity contribution is 0.569. The summed E-state index contributed by atoms with van der Waals surface area (Å²) in [6.45, 7) is 0. The van der Waals surface area contributed by atoms with Gasteiger partial charge in [-0.3, -0.25) is 0 Å². The van der Waals surface area contributed by atoms with Gasteiger partial charge in [0.2, 0.25) is 0 Å². The monoisotopic (exact) mass is 437 g/mol. The quantitative estimate of drug-likeness (QED) is 0.205. The van der Waals surface area contributed by atoms with Gasteiger partial charge in [-0.2, -0.15) is 0 Å². The summed E-state index contributed by atoms with van der Waals surface area (Å²) in [4.78, 5) is 13.2. The molecule has 0 unspecified atom stereocenters. The summed E-state index contributed by atoms with van der Waals surface area (Å²) in [5.74, 6) is 0. The molecule has 0 bridgehead atoms. The SMILES string of the molecule is O=c1oc2ccccc2c2cccc(-n3c4ccccc4c4cc(-c5ccccc5)ccc43)c12. The number of aromatic nitrogens is 1. The van der Waals surface area contributed by atoms with Crippen LogP contribution in [-0.4, -0.2) is 4.57 Å². The first kappa shape index (κ1) is 18.9. The van der Waals surface area contributed by atoms with Gasteiger partial charge in [-0.05, 0) is 41.5 Å². The number of para-hydroxylation sites is 2. The fraction of sp³-hybridized carbons (Fsp3) is 0. The summed E-state index contributed by atoms with van der Waals surface area (Å²) in [6.07, 6.45) is 0. The van der Waals surface area contributed by atoms with Crippen molar-refractivity contribution in [2.45, 2.75) is 0 Å². The van der Waals surface area contributed by atoms with Crippen molar-refractivity contribution in [1.29, 1.82) is 0 Å². The van der Waals surface area contributed by atoms with E-state index < -0.39 is 0 Å². The minimum Gasteiger partial charge on any atom is -0.422 e. The van der Waals surface area contributed by atoms with Crippen LogP contribution in [0.5, 0.6) is 0 Å². The maximum atomic E-state index is 13.2. The first-order chi connectivity index (χ1) is 16.8. The van der Waals surface area contributed by atoms with Gasteiger partial charge in [-0.1, -0.05) is 84.9 Å². The number of benzene rings is 5. The van der Waals surface area contributed by atoms with E-state index in [1.807, 2.05) is 54.6 Å². The Morgan fingerprint density at radius 3 is 2.12 bits per heavy atom. The lowest BCUT2D eigenvalue weighted by Gasteiger charge is -2.12. The number of hydrogen-bond donors (Lipinski definition) is 0. The minimum atomic E-state index is -0.323. The van der Waals surface area contributed by atoms with Crippen LogP contribution in [0, 0.1) is 0 Å². The Kier molecular flexibility index (Phi) is 4.00. The highest BCUT2D eigenvalue weighted by Crippen LogP contribution is 2.37. The summed E-state index contributed by atoms with van der Waals surface area (Å²) < 4.78 is 7.93. The van der Waals surface area contributed by atoms with Crippen LogP contribution in [0.3, 0.4) is 0 Å². The molecule has 2 heterocycles. The Labute approximate surface area is 195 Å². The van der Waals surface area contributed by atoms with Gasteiger partial charge in [0.05, 0.1) is 22.1 Å². The first-order valence-electron chi connectivity index (χ1n) is 11.3.